The SMILES string of the molecule is COc1ccc(C(=O)Oc2ccc3ccccc3c2C=NNC(=O)c2ccccc2Br)cc1. The maximum atomic E-state index is 12.7. The van der Waals surface area contributed by atoms with Gasteiger partial charge in [0.15, 0.2) is 0 Å². The minimum Gasteiger partial charge on any atom is -0.497 e. The molecule has 0 aliphatic heterocycles. The molecule has 4 rings (SSSR count). The van der Waals surface area contributed by atoms with Crippen LogP contribution in [0.2, 0.25) is 0 Å². The van der Waals surface area contributed by atoms with Crippen molar-refractivity contribution in [1.29, 1.82) is 0 Å². The highest BCUT2D eigenvalue weighted by Crippen LogP contribution is 2.27. The molecule has 0 radical (unpaired) electrons. The van der Waals surface area contributed by atoms with E-state index in [0.717, 1.165) is 10.8 Å². The number of hydrogen-bond donors (Lipinski definition) is 1. The molecule has 0 aromatic heterocycles. The molecule has 0 heterocycles. The Morgan fingerprint density at radius 1 is 0.909 bits per heavy atom. The van der Waals surface area contributed by atoms with Crippen LogP contribution in [0.1, 0.15) is 26.3 Å². The van der Waals surface area contributed by atoms with Crippen molar-refractivity contribution in [1.82, 2.24) is 5.43 Å². The molecule has 0 aliphatic rings. The van der Waals surface area contributed by atoms with Crippen molar-refractivity contribution >= 4 is 44.8 Å². The Hall–Kier alpha value is -3.97. The molecule has 0 saturated heterocycles. The van der Waals surface area contributed by atoms with E-state index in [2.05, 4.69) is 26.5 Å². The molecule has 4 aromatic carbocycles. The lowest BCUT2D eigenvalue weighted by Crippen LogP contribution is -2.18. The minimum atomic E-state index is -0.514. The molecule has 1 amide bonds. The molecule has 7 heteroatoms. The topological polar surface area (TPSA) is 77.0 Å². The minimum absolute atomic E-state index is 0.327. The van der Waals surface area contributed by atoms with Crippen molar-refractivity contribution in [3.05, 3.63) is 106 Å². The van der Waals surface area contributed by atoms with Gasteiger partial charge in [0.1, 0.15) is 11.5 Å². The number of halogens is 1. The Morgan fingerprint density at radius 3 is 2.39 bits per heavy atom. The van der Waals surface area contributed by atoms with Crippen molar-refractivity contribution in [2.24, 2.45) is 5.10 Å². The number of ether oxygens (including phenoxy) is 2. The number of amides is 1. The molecular formula is C26H19BrN2O4. The molecule has 0 atom stereocenters. The van der Waals surface area contributed by atoms with Crippen LogP contribution < -0.4 is 14.9 Å². The van der Waals surface area contributed by atoms with E-state index in [1.807, 2.05) is 36.4 Å². The number of nitrogens with one attached hydrogen (secondary N) is 1. The maximum absolute atomic E-state index is 12.7. The van der Waals surface area contributed by atoms with Crippen molar-refractivity contribution in [2.75, 3.05) is 7.11 Å². The number of esters is 1. The number of methoxy groups -OCH3 is 1. The zero-order valence-electron chi connectivity index (χ0n) is 17.6. The van der Waals surface area contributed by atoms with Crippen LogP contribution >= 0.6 is 15.9 Å². The Morgan fingerprint density at radius 2 is 1.64 bits per heavy atom. The van der Waals surface area contributed by atoms with Crippen LogP contribution in [0.3, 0.4) is 0 Å². The van der Waals surface area contributed by atoms with Crippen LogP contribution in [-0.4, -0.2) is 25.2 Å². The zero-order chi connectivity index (χ0) is 23.2. The van der Waals surface area contributed by atoms with Gasteiger partial charge < -0.3 is 9.47 Å². The fraction of sp³-hybridized carbons (Fsp3) is 0.0385. The lowest BCUT2D eigenvalue weighted by atomic mass is 10.0. The van der Waals surface area contributed by atoms with Gasteiger partial charge in [0, 0.05) is 10.0 Å². The lowest BCUT2D eigenvalue weighted by Gasteiger charge is -2.11. The van der Waals surface area contributed by atoms with Crippen molar-refractivity contribution in [3.8, 4) is 11.5 Å². The summed E-state index contributed by atoms with van der Waals surface area (Å²) in [4.78, 5) is 25.2. The smallest absolute Gasteiger partial charge is 0.343 e. The number of fused-ring (bicyclic) bond motifs is 1. The molecular weight excluding hydrogens is 484 g/mol. The van der Waals surface area contributed by atoms with Gasteiger partial charge in [0.2, 0.25) is 0 Å². The highest BCUT2D eigenvalue weighted by Gasteiger charge is 2.14. The van der Waals surface area contributed by atoms with Crippen LogP contribution in [0.15, 0.2) is 94.5 Å². The van der Waals surface area contributed by atoms with E-state index < -0.39 is 5.97 Å². The number of hydrogen-bond acceptors (Lipinski definition) is 5. The first-order chi connectivity index (χ1) is 16.1. The fourth-order valence-electron chi connectivity index (χ4n) is 3.24. The van der Waals surface area contributed by atoms with Crippen LogP contribution in [-0.2, 0) is 0 Å². The Labute approximate surface area is 199 Å². The highest BCUT2D eigenvalue weighted by atomic mass is 79.9. The fourth-order valence-corrected chi connectivity index (χ4v) is 3.71. The molecule has 0 aliphatic carbocycles. The summed E-state index contributed by atoms with van der Waals surface area (Å²) in [5, 5.41) is 5.89. The highest BCUT2D eigenvalue weighted by molar-refractivity contribution is 9.10. The molecule has 0 saturated carbocycles. The lowest BCUT2D eigenvalue weighted by molar-refractivity contribution is 0.0734. The van der Waals surface area contributed by atoms with E-state index in [-0.39, 0.29) is 5.91 Å². The van der Waals surface area contributed by atoms with Crippen molar-refractivity contribution in [2.45, 2.75) is 0 Å². The predicted octanol–water partition coefficient (Wildman–Crippen LogP) is 5.59. The first kappa shape index (κ1) is 22.2. The van der Waals surface area contributed by atoms with E-state index in [9.17, 15) is 9.59 Å². The van der Waals surface area contributed by atoms with Gasteiger partial charge in [0.05, 0.1) is 24.5 Å². The molecule has 33 heavy (non-hydrogen) atoms. The molecule has 1 N–H and O–H groups in total. The third-order valence-corrected chi connectivity index (χ3v) is 5.63. The summed E-state index contributed by atoms with van der Waals surface area (Å²) in [5.74, 6) is 0.0925. The molecule has 0 fully saturated rings. The molecule has 4 aromatic rings. The van der Waals surface area contributed by atoms with Gasteiger partial charge >= 0.3 is 5.97 Å². The quantitative estimate of drug-likeness (QED) is 0.161. The van der Waals surface area contributed by atoms with Crippen LogP contribution in [0, 0.1) is 0 Å². The average molecular weight is 503 g/mol. The molecule has 6 nitrogen and oxygen atoms in total. The first-order valence-electron chi connectivity index (χ1n) is 10.0. The van der Waals surface area contributed by atoms with E-state index in [0.29, 0.717) is 32.7 Å². The van der Waals surface area contributed by atoms with Gasteiger partial charge in [-0.05, 0) is 69.2 Å². The summed E-state index contributed by atoms with van der Waals surface area (Å²) in [6, 6.07) is 24.9. The summed E-state index contributed by atoms with van der Waals surface area (Å²) < 4.78 is 11.5. The third kappa shape index (κ3) is 5.10. The summed E-state index contributed by atoms with van der Waals surface area (Å²) in [7, 11) is 1.56. The second kappa shape index (κ2) is 10.1. The number of carbonyl (C=O) groups is 2. The molecule has 0 unspecified atom stereocenters. The number of rotatable bonds is 6. The van der Waals surface area contributed by atoms with Gasteiger partial charge in [-0.3, -0.25) is 4.79 Å². The number of benzene rings is 4. The van der Waals surface area contributed by atoms with Crippen LogP contribution in [0.5, 0.6) is 11.5 Å². The predicted molar refractivity (Wildman–Crippen MR) is 131 cm³/mol. The van der Waals surface area contributed by atoms with Gasteiger partial charge in [0.25, 0.3) is 5.91 Å². The third-order valence-electron chi connectivity index (χ3n) is 4.94. The zero-order valence-corrected chi connectivity index (χ0v) is 19.2. The van der Waals surface area contributed by atoms with Crippen molar-refractivity contribution in [3.63, 3.8) is 0 Å². The van der Waals surface area contributed by atoms with E-state index in [1.54, 1.807) is 55.6 Å². The summed E-state index contributed by atoms with van der Waals surface area (Å²) >= 11 is 3.36. The van der Waals surface area contributed by atoms with Gasteiger partial charge in [-0.15, -0.1) is 0 Å². The summed E-state index contributed by atoms with van der Waals surface area (Å²) in [6.45, 7) is 0. The first-order valence-corrected chi connectivity index (χ1v) is 10.8. The second-order valence-electron chi connectivity index (χ2n) is 7.00. The van der Waals surface area contributed by atoms with Gasteiger partial charge in [-0.25, -0.2) is 10.2 Å². The number of carbonyl (C=O) groups excluding carboxylic acids is 2. The van der Waals surface area contributed by atoms with E-state index >= 15 is 0 Å². The molecule has 0 bridgehead atoms. The Kier molecular flexibility index (Phi) is 6.80. The largest absolute Gasteiger partial charge is 0.497 e. The normalized spacial score (nSPS) is 10.8. The maximum Gasteiger partial charge on any atom is 0.343 e. The summed E-state index contributed by atoms with van der Waals surface area (Å²) in [6.07, 6.45) is 1.48. The second-order valence-corrected chi connectivity index (χ2v) is 7.85. The Balaban J connectivity index is 1.62. The molecule has 164 valence electrons. The number of hydrazone groups is 1. The number of nitrogens with zero attached hydrogens (tertiary/aromatic N) is 1. The summed E-state index contributed by atoms with van der Waals surface area (Å²) in [5.41, 5.74) is 3.94. The van der Waals surface area contributed by atoms with E-state index in [1.165, 1.54) is 6.21 Å². The standard InChI is InChI=1S/C26H19BrN2O4/c1-32-19-13-10-18(11-14-19)26(31)33-24-15-12-17-6-2-3-7-20(17)22(24)16-28-29-25(30)21-8-4-5-9-23(21)27/h2-16H,1H3,(H,29,30). The molecule has 0 spiro atoms. The van der Waals surface area contributed by atoms with Crippen LogP contribution in [0.25, 0.3) is 10.8 Å². The average Bonchev–Trinajstić information content (AvgIpc) is 2.85. The van der Waals surface area contributed by atoms with Gasteiger partial charge in [-0.1, -0.05) is 42.5 Å². The van der Waals surface area contributed by atoms with Gasteiger partial charge in [-0.2, -0.15) is 5.10 Å². The van der Waals surface area contributed by atoms with Crippen molar-refractivity contribution < 1.29 is 19.1 Å². The Bertz CT molecular complexity index is 1350. The monoisotopic (exact) mass is 502 g/mol. The van der Waals surface area contributed by atoms with E-state index in [4.69, 9.17) is 9.47 Å². The van der Waals surface area contributed by atoms with Crippen LogP contribution in [0.4, 0.5) is 0 Å².